The highest BCUT2D eigenvalue weighted by molar-refractivity contribution is 5.65. The summed E-state index contributed by atoms with van der Waals surface area (Å²) in [4.78, 5) is 6.21. The van der Waals surface area contributed by atoms with Crippen LogP contribution in [-0.2, 0) is 0 Å². The molecule has 0 aromatic carbocycles. The largest absolute Gasteiger partial charge is 0.396 e. The van der Waals surface area contributed by atoms with Crippen LogP contribution >= 0.6 is 0 Å². The van der Waals surface area contributed by atoms with Crippen LogP contribution in [-0.4, -0.2) is 18.6 Å². The van der Waals surface area contributed by atoms with E-state index in [1.54, 1.807) is 12.4 Å². The minimum atomic E-state index is 0.767. The van der Waals surface area contributed by atoms with Crippen LogP contribution in [0.5, 0.6) is 0 Å². The molecule has 0 aliphatic heterocycles. The summed E-state index contributed by atoms with van der Waals surface area (Å²) in [6, 6.07) is 1.97. The van der Waals surface area contributed by atoms with Crippen LogP contribution < -0.4 is 10.6 Å². The van der Waals surface area contributed by atoms with Gasteiger partial charge in [0.05, 0.1) is 17.6 Å². The van der Waals surface area contributed by atoms with Crippen molar-refractivity contribution in [2.75, 3.05) is 24.2 Å². The molecule has 0 spiro atoms. The molecule has 1 aromatic heterocycles. The number of pyridine rings is 1. The summed E-state index contributed by atoms with van der Waals surface area (Å²) in [7, 11) is 2.09. The summed E-state index contributed by atoms with van der Waals surface area (Å²) < 4.78 is 0. The molecule has 1 saturated carbocycles. The molecule has 3 nitrogen and oxygen atoms in total. The standard InChI is InChI=1S/C11H17N3/c1-8-5-9(8)7-14(2)11-3-4-13-6-10(11)12/h3-4,6,8-9H,5,7,12H2,1-2H3. The highest BCUT2D eigenvalue weighted by atomic mass is 15.1. The fraction of sp³-hybridized carbons (Fsp3) is 0.545. The molecular formula is C11H17N3. The molecule has 0 radical (unpaired) electrons. The third-order valence-corrected chi connectivity index (χ3v) is 3.02. The van der Waals surface area contributed by atoms with E-state index in [-0.39, 0.29) is 0 Å². The average Bonchev–Trinajstić information content (AvgIpc) is 2.82. The van der Waals surface area contributed by atoms with Gasteiger partial charge in [0.2, 0.25) is 0 Å². The first-order valence-electron chi connectivity index (χ1n) is 5.09. The zero-order valence-electron chi connectivity index (χ0n) is 8.77. The summed E-state index contributed by atoms with van der Waals surface area (Å²) in [5, 5.41) is 0. The monoisotopic (exact) mass is 191 g/mol. The van der Waals surface area contributed by atoms with Crippen molar-refractivity contribution in [1.29, 1.82) is 0 Å². The Hall–Kier alpha value is -1.25. The van der Waals surface area contributed by atoms with Crippen molar-refractivity contribution in [2.24, 2.45) is 11.8 Å². The van der Waals surface area contributed by atoms with Crippen LogP contribution in [0.2, 0.25) is 0 Å². The molecule has 0 bridgehead atoms. The van der Waals surface area contributed by atoms with E-state index in [4.69, 9.17) is 5.73 Å². The zero-order chi connectivity index (χ0) is 10.1. The van der Waals surface area contributed by atoms with Gasteiger partial charge in [-0.2, -0.15) is 0 Å². The Kier molecular flexibility index (Phi) is 2.32. The second-order valence-electron chi connectivity index (χ2n) is 4.29. The number of anilines is 2. The molecule has 1 heterocycles. The lowest BCUT2D eigenvalue weighted by Gasteiger charge is -2.20. The molecule has 14 heavy (non-hydrogen) atoms. The Labute approximate surface area is 84.9 Å². The molecule has 1 aliphatic carbocycles. The van der Waals surface area contributed by atoms with Gasteiger partial charge in [0.25, 0.3) is 0 Å². The number of hydrogen-bond donors (Lipinski definition) is 1. The molecule has 1 fully saturated rings. The minimum absolute atomic E-state index is 0.767. The number of nitrogens with zero attached hydrogens (tertiary/aromatic N) is 2. The van der Waals surface area contributed by atoms with Gasteiger partial charge in [-0.25, -0.2) is 0 Å². The molecule has 2 unspecified atom stereocenters. The van der Waals surface area contributed by atoms with Crippen LogP contribution in [0.3, 0.4) is 0 Å². The maximum atomic E-state index is 5.85. The highest BCUT2D eigenvalue weighted by Gasteiger charge is 2.33. The van der Waals surface area contributed by atoms with Crippen molar-refractivity contribution in [1.82, 2.24) is 4.98 Å². The number of aromatic nitrogens is 1. The smallest absolute Gasteiger partial charge is 0.0738 e. The highest BCUT2D eigenvalue weighted by Crippen LogP contribution is 2.39. The summed E-state index contributed by atoms with van der Waals surface area (Å²) in [6.07, 6.45) is 4.86. The number of nitrogen functional groups attached to an aromatic ring is 1. The van der Waals surface area contributed by atoms with Gasteiger partial charge in [0, 0.05) is 19.8 Å². The molecule has 76 valence electrons. The SMILES string of the molecule is CC1CC1CN(C)c1ccncc1N. The molecule has 1 aromatic rings. The lowest BCUT2D eigenvalue weighted by molar-refractivity contribution is 0.726. The maximum Gasteiger partial charge on any atom is 0.0738 e. The second kappa shape index (κ2) is 3.48. The Morgan fingerprint density at radius 3 is 2.93 bits per heavy atom. The quantitative estimate of drug-likeness (QED) is 0.791. The van der Waals surface area contributed by atoms with Crippen LogP contribution in [0.1, 0.15) is 13.3 Å². The van der Waals surface area contributed by atoms with Gasteiger partial charge in [-0.05, 0) is 24.3 Å². The number of hydrogen-bond acceptors (Lipinski definition) is 3. The summed E-state index contributed by atoms with van der Waals surface area (Å²) in [5.41, 5.74) is 7.71. The number of nitrogens with two attached hydrogens (primary N) is 1. The van der Waals surface area contributed by atoms with Crippen molar-refractivity contribution in [3.05, 3.63) is 18.5 Å². The lowest BCUT2D eigenvalue weighted by atomic mass is 10.2. The van der Waals surface area contributed by atoms with Crippen molar-refractivity contribution in [2.45, 2.75) is 13.3 Å². The summed E-state index contributed by atoms with van der Waals surface area (Å²) in [6.45, 7) is 3.41. The number of rotatable bonds is 3. The van der Waals surface area contributed by atoms with Gasteiger partial charge in [-0.15, -0.1) is 0 Å². The van der Waals surface area contributed by atoms with E-state index >= 15 is 0 Å². The summed E-state index contributed by atoms with van der Waals surface area (Å²) in [5.74, 6) is 1.74. The van der Waals surface area contributed by atoms with E-state index < -0.39 is 0 Å². The van der Waals surface area contributed by atoms with E-state index in [0.29, 0.717) is 0 Å². The Morgan fingerprint density at radius 2 is 2.36 bits per heavy atom. The minimum Gasteiger partial charge on any atom is -0.396 e. The molecule has 3 heteroatoms. The van der Waals surface area contributed by atoms with E-state index in [2.05, 4.69) is 23.9 Å². The van der Waals surface area contributed by atoms with E-state index in [1.165, 1.54) is 6.42 Å². The van der Waals surface area contributed by atoms with Crippen LogP contribution in [0, 0.1) is 11.8 Å². The van der Waals surface area contributed by atoms with Gasteiger partial charge in [-0.1, -0.05) is 6.92 Å². The Morgan fingerprint density at radius 1 is 1.64 bits per heavy atom. The molecule has 2 rings (SSSR count). The first kappa shape index (κ1) is 9.31. The first-order chi connectivity index (χ1) is 6.68. The third-order valence-electron chi connectivity index (χ3n) is 3.02. The van der Waals surface area contributed by atoms with Crippen molar-refractivity contribution >= 4 is 11.4 Å². The Bertz CT molecular complexity index is 324. The maximum absolute atomic E-state index is 5.85. The van der Waals surface area contributed by atoms with E-state index in [1.807, 2.05) is 6.07 Å². The third kappa shape index (κ3) is 1.81. The second-order valence-corrected chi connectivity index (χ2v) is 4.29. The molecule has 1 aliphatic rings. The Balaban J connectivity index is 2.03. The van der Waals surface area contributed by atoms with Crippen molar-refractivity contribution < 1.29 is 0 Å². The zero-order valence-corrected chi connectivity index (χ0v) is 8.77. The van der Waals surface area contributed by atoms with Crippen LogP contribution in [0.4, 0.5) is 11.4 Å². The first-order valence-corrected chi connectivity index (χ1v) is 5.09. The van der Waals surface area contributed by atoms with Crippen LogP contribution in [0.15, 0.2) is 18.5 Å². The fourth-order valence-electron chi connectivity index (χ4n) is 1.85. The van der Waals surface area contributed by atoms with Gasteiger partial charge in [0.1, 0.15) is 0 Å². The lowest BCUT2D eigenvalue weighted by Crippen LogP contribution is -2.21. The molecule has 0 saturated heterocycles. The molecule has 2 N–H and O–H groups in total. The molecular weight excluding hydrogens is 174 g/mol. The predicted octanol–water partition coefficient (Wildman–Crippen LogP) is 1.76. The molecule has 2 atom stereocenters. The fourth-order valence-corrected chi connectivity index (χ4v) is 1.85. The predicted molar refractivity (Wildman–Crippen MR) is 59.2 cm³/mol. The van der Waals surface area contributed by atoms with E-state index in [0.717, 1.165) is 29.8 Å². The van der Waals surface area contributed by atoms with Crippen molar-refractivity contribution in [3.63, 3.8) is 0 Å². The van der Waals surface area contributed by atoms with Crippen LogP contribution in [0.25, 0.3) is 0 Å². The topological polar surface area (TPSA) is 42.2 Å². The van der Waals surface area contributed by atoms with Gasteiger partial charge < -0.3 is 10.6 Å². The average molecular weight is 191 g/mol. The summed E-state index contributed by atoms with van der Waals surface area (Å²) >= 11 is 0. The van der Waals surface area contributed by atoms with Crippen molar-refractivity contribution in [3.8, 4) is 0 Å². The van der Waals surface area contributed by atoms with Gasteiger partial charge in [0.15, 0.2) is 0 Å². The van der Waals surface area contributed by atoms with Gasteiger partial charge >= 0.3 is 0 Å². The van der Waals surface area contributed by atoms with Gasteiger partial charge in [-0.3, -0.25) is 4.98 Å². The van der Waals surface area contributed by atoms with E-state index in [9.17, 15) is 0 Å². The normalized spacial score (nSPS) is 24.7. The molecule has 0 amide bonds.